The molecule has 186 valence electrons. The van der Waals surface area contributed by atoms with E-state index in [2.05, 4.69) is 70.5 Å². The van der Waals surface area contributed by atoms with Crippen molar-refractivity contribution in [2.75, 3.05) is 39.3 Å². The average Bonchev–Trinajstić information content (AvgIpc) is 2.89. The van der Waals surface area contributed by atoms with E-state index in [0.717, 1.165) is 37.1 Å². The van der Waals surface area contributed by atoms with Gasteiger partial charge >= 0.3 is 5.63 Å². The van der Waals surface area contributed by atoms with Crippen molar-refractivity contribution in [3.8, 4) is 5.75 Å². The van der Waals surface area contributed by atoms with Crippen LogP contribution in [-0.2, 0) is 0 Å². The molecule has 1 fully saturated rings. The van der Waals surface area contributed by atoms with Crippen LogP contribution in [0.1, 0.15) is 22.7 Å². The zero-order valence-corrected chi connectivity index (χ0v) is 20.5. The highest BCUT2D eigenvalue weighted by atomic mass is 16.5. The number of hydrogen-bond acceptors (Lipinski definition) is 6. The smallest absolute Gasteiger partial charge is 0.336 e. The number of ether oxygens (including phenoxy) is 1. The first-order chi connectivity index (χ1) is 17.6. The molecular weight excluding hydrogens is 452 g/mol. The molecule has 0 radical (unpaired) electrons. The van der Waals surface area contributed by atoms with Gasteiger partial charge in [0.2, 0.25) is 0 Å². The summed E-state index contributed by atoms with van der Waals surface area (Å²) >= 11 is 0. The molecule has 4 aromatic rings. The second-order valence-corrected chi connectivity index (χ2v) is 9.43. The molecule has 0 aliphatic carbocycles. The van der Waals surface area contributed by atoms with Crippen LogP contribution in [0.2, 0.25) is 0 Å². The van der Waals surface area contributed by atoms with E-state index in [-0.39, 0.29) is 18.3 Å². The summed E-state index contributed by atoms with van der Waals surface area (Å²) in [7, 11) is 0. The minimum atomic E-state index is -0.615. The SMILES string of the molecule is Cc1cc(=O)oc2cc(OCC(O)CN3CCN(C(c4ccccc4)c4ccccc4)CC3)ccc12. The van der Waals surface area contributed by atoms with Crippen LogP contribution >= 0.6 is 0 Å². The molecule has 6 nitrogen and oxygen atoms in total. The number of aryl methyl sites for hydroxylation is 1. The van der Waals surface area contributed by atoms with Crippen LogP contribution in [0.15, 0.2) is 94.1 Å². The van der Waals surface area contributed by atoms with Crippen LogP contribution in [0.25, 0.3) is 11.0 Å². The van der Waals surface area contributed by atoms with Crippen molar-refractivity contribution in [3.63, 3.8) is 0 Å². The van der Waals surface area contributed by atoms with E-state index in [0.29, 0.717) is 17.9 Å². The molecule has 1 N–H and O–H groups in total. The highest BCUT2D eigenvalue weighted by molar-refractivity contribution is 5.81. The van der Waals surface area contributed by atoms with Gasteiger partial charge in [-0.2, -0.15) is 0 Å². The lowest BCUT2D eigenvalue weighted by Gasteiger charge is -2.40. The van der Waals surface area contributed by atoms with Gasteiger partial charge in [0.05, 0.1) is 6.04 Å². The van der Waals surface area contributed by atoms with Crippen LogP contribution in [0.4, 0.5) is 0 Å². The van der Waals surface area contributed by atoms with E-state index in [1.807, 2.05) is 19.1 Å². The van der Waals surface area contributed by atoms with Crippen LogP contribution in [0.3, 0.4) is 0 Å². The molecule has 1 saturated heterocycles. The lowest BCUT2D eigenvalue weighted by atomic mass is 9.96. The lowest BCUT2D eigenvalue weighted by Crippen LogP contribution is -2.50. The van der Waals surface area contributed by atoms with Gasteiger partial charge in [0, 0.05) is 50.2 Å². The minimum Gasteiger partial charge on any atom is -0.491 e. The van der Waals surface area contributed by atoms with Crippen molar-refractivity contribution in [3.05, 3.63) is 112 Å². The number of piperazine rings is 1. The highest BCUT2D eigenvalue weighted by Gasteiger charge is 2.27. The Morgan fingerprint density at radius 1 is 0.889 bits per heavy atom. The third-order valence-corrected chi connectivity index (χ3v) is 6.84. The van der Waals surface area contributed by atoms with Crippen LogP contribution in [0.5, 0.6) is 5.75 Å². The van der Waals surface area contributed by atoms with Gasteiger partial charge in [-0.25, -0.2) is 4.79 Å². The number of aliphatic hydroxyl groups excluding tert-OH is 1. The van der Waals surface area contributed by atoms with Gasteiger partial charge in [0.1, 0.15) is 24.0 Å². The maximum Gasteiger partial charge on any atom is 0.336 e. The predicted molar refractivity (Wildman–Crippen MR) is 141 cm³/mol. The van der Waals surface area contributed by atoms with Crippen molar-refractivity contribution >= 4 is 11.0 Å². The largest absolute Gasteiger partial charge is 0.491 e. The molecule has 36 heavy (non-hydrogen) atoms. The second kappa shape index (κ2) is 11.1. The van der Waals surface area contributed by atoms with E-state index in [1.54, 1.807) is 6.07 Å². The fourth-order valence-electron chi connectivity index (χ4n) is 5.03. The van der Waals surface area contributed by atoms with Gasteiger partial charge in [0.15, 0.2) is 0 Å². The van der Waals surface area contributed by atoms with E-state index < -0.39 is 6.10 Å². The summed E-state index contributed by atoms with van der Waals surface area (Å²) in [6.45, 7) is 6.22. The minimum absolute atomic E-state index is 0.179. The molecule has 2 heterocycles. The van der Waals surface area contributed by atoms with E-state index >= 15 is 0 Å². The normalized spacial score (nSPS) is 15.9. The number of rotatable bonds is 8. The molecule has 6 heteroatoms. The fraction of sp³-hybridized carbons (Fsp3) is 0.300. The Kier molecular flexibility index (Phi) is 7.47. The Balaban J connectivity index is 1.16. The van der Waals surface area contributed by atoms with Crippen molar-refractivity contribution in [2.24, 2.45) is 0 Å². The number of fused-ring (bicyclic) bond motifs is 1. The van der Waals surface area contributed by atoms with Crippen molar-refractivity contribution < 1.29 is 14.3 Å². The zero-order chi connectivity index (χ0) is 24.9. The fourth-order valence-corrected chi connectivity index (χ4v) is 5.03. The first-order valence-electron chi connectivity index (χ1n) is 12.5. The summed E-state index contributed by atoms with van der Waals surface area (Å²) in [5.74, 6) is 0.577. The van der Waals surface area contributed by atoms with Gasteiger partial charge < -0.3 is 14.3 Å². The van der Waals surface area contributed by atoms with Crippen LogP contribution < -0.4 is 10.4 Å². The molecule has 1 atom stereocenters. The maximum atomic E-state index is 11.7. The van der Waals surface area contributed by atoms with Gasteiger partial charge in [0.25, 0.3) is 0 Å². The summed E-state index contributed by atoms with van der Waals surface area (Å²) in [4.78, 5) is 16.5. The number of aliphatic hydroxyl groups is 1. The Hall–Kier alpha value is -3.45. The molecule has 1 aromatic heterocycles. The summed E-state index contributed by atoms with van der Waals surface area (Å²) in [5.41, 5.74) is 3.58. The van der Waals surface area contributed by atoms with Crippen molar-refractivity contribution in [1.29, 1.82) is 0 Å². The zero-order valence-electron chi connectivity index (χ0n) is 20.5. The standard InChI is InChI=1S/C30H32N2O4/c1-22-18-29(34)36-28-19-26(12-13-27(22)28)35-21-25(33)20-31-14-16-32(17-15-31)30(23-8-4-2-5-9-23)24-10-6-3-7-11-24/h2-13,18-19,25,30,33H,14-17,20-21H2,1H3. The van der Waals surface area contributed by atoms with Gasteiger partial charge in [-0.15, -0.1) is 0 Å². The summed E-state index contributed by atoms with van der Waals surface area (Å²) in [5, 5.41) is 11.5. The first-order valence-corrected chi connectivity index (χ1v) is 12.5. The van der Waals surface area contributed by atoms with E-state index in [4.69, 9.17) is 9.15 Å². The Labute approximate surface area is 211 Å². The Morgan fingerprint density at radius 3 is 2.17 bits per heavy atom. The van der Waals surface area contributed by atoms with Crippen LogP contribution in [0, 0.1) is 6.92 Å². The molecule has 3 aromatic carbocycles. The predicted octanol–water partition coefficient (Wildman–Crippen LogP) is 4.25. The molecule has 1 unspecified atom stereocenters. The molecule has 0 amide bonds. The second-order valence-electron chi connectivity index (χ2n) is 9.43. The molecule has 0 bridgehead atoms. The molecular formula is C30H32N2O4. The quantitative estimate of drug-likeness (QED) is 0.377. The summed E-state index contributed by atoms with van der Waals surface area (Å²) in [6.07, 6.45) is -0.615. The molecule has 0 spiro atoms. The van der Waals surface area contributed by atoms with E-state index in [1.165, 1.54) is 17.2 Å². The first kappa shape index (κ1) is 24.3. The molecule has 1 aliphatic heterocycles. The van der Waals surface area contributed by atoms with Gasteiger partial charge in [-0.05, 0) is 35.7 Å². The van der Waals surface area contributed by atoms with Crippen molar-refractivity contribution in [1.82, 2.24) is 9.80 Å². The summed E-state index contributed by atoms with van der Waals surface area (Å²) in [6, 6.07) is 28.4. The molecule has 0 saturated carbocycles. The molecule has 5 rings (SSSR count). The number of hydrogen-bond donors (Lipinski definition) is 1. The average molecular weight is 485 g/mol. The van der Waals surface area contributed by atoms with Gasteiger partial charge in [-0.3, -0.25) is 9.80 Å². The highest BCUT2D eigenvalue weighted by Crippen LogP contribution is 2.29. The third kappa shape index (κ3) is 5.68. The van der Waals surface area contributed by atoms with Crippen molar-refractivity contribution in [2.45, 2.75) is 19.1 Å². The van der Waals surface area contributed by atoms with Crippen LogP contribution in [-0.4, -0.2) is 60.3 Å². The van der Waals surface area contributed by atoms with E-state index in [9.17, 15) is 9.90 Å². The third-order valence-electron chi connectivity index (χ3n) is 6.84. The lowest BCUT2D eigenvalue weighted by molar-refractivity contribution is 0.0401. The topological polar surface area (TPSA) is 66.2 Å². The number of nitrogens with zero attached hydrogens (tertiary/aromatic N) is 2. The summed E-state index contributed by atoms with van der Waals surface area (Å²) < 4.78 is 11.1. The number of β-amino-alcohol motifs (C(OH)–C–C–N with tert-alkyl or cyclic N) is 1. The molecule has 1 aliphatic rings. The Morgan fingerprint density at radius 2 is 1.53 bits per heavy atom. The monoisotopic (exact) mass is 484 g/mol. The maximum absolute atomic E-state index is 11.7. The Bertz CT molecular complexity index is 1290. The van der Waals surface area contributed by atoms with Gasteiger partial charge in [-0.1, -0.05) is 60.7 Å². The number of benzene rings is 3.